The molecule has 5 rings (SSSR count). The molecular weight excluding hydrogens is 343 g/mol. The Bertz CT molecular complexity index is 1230. The van der Waals surface area contributed by atoms with Crippen LogP contribution >= 0.6 is 0 Å². The first-order valence-corrected chi connectivity index (χ1v) is 8.40. The van der Waals surface area contributed by atoms with Crippen LogP contribution in [0.1, 0.15) is 0 Å². The van der Waals surface area contributed by atoms with Crippen molar-refractivity contribution < 1.29 is 8.81 Å². The van der Waals surface area contributed by atoms with E-state index in [1.165, 1.54) is 18.5 Å². The molecule has 0 spiro atoms. The third-order valence-corrected chi connectivity index (χ3v) is 4.39. The van der Waals surface area contributed by atoms with Crippen LogP contribution in [0.4, 0.5) is 4.39 Å². The highest BCUT2D eigenvalue weighted by molar-refractivity contribution is 5.85. The van der Waals surface area contributed by atoms with Gasteiger partial charge in [-0.3, -0.25) is 0 Å². The number of rotatable bonds is 3. The van der Waals surface area contributed by atoms with Gasteiger partial charge in [0.2, 0.25) is 0 Å². The van der Waals surface area contributed by atoms with E-state index in [1.54, 1.807) is 16.8 Å². The molecule has 0 saturated heterocycles. The fraction of sp³-hybridized carbons (Fsp3) is 0. The lowest BCUT2D eigenvalue weighted by Gasteiger charge is -2.04. The molecule has 2 aromatic heterocycles. The van der Waals surface area contributed by atoms with E-state index < -0.39 is 0 Å². The first-order valence-electron chi connectivity index (χ1n) is 8.40. The second-order valence-electron chi connectivity index (χ2n) is 6.08. The van der Waals surface area contributed by atoms with Gasteiger partial charge in [-0.1, -0.05) is 23.4 Å². The van der Waals surface area contributed by atoms with Crippen LogP contribution in [0, 0.1) is 5.82 Å². The number of hydrogen-bond acceptors (Lipinski definition) is 4. The summed E-state index contributed by atoms with van der Waals surface area (Å²) in [5.41, 5.74) is 4.86. The van der Waals surface area contributed by atoms with E-state index in [0.29, 0.717) is 11.5 Å². The van der Waals surface area contributed by atoms with Crippen LogP contribution in [0.25, 0.3) is 39.3 Å². The Kier molecular flexibility index (Phi) is 3.53. The monoisotopic (exact) mass is 356 g/mol. The fourth-order valence-corrected chi connectivity index (χ4v) is 3.08. The standard InChI is InChI=1S/C21H13FN4O/c22-16-9-6-14(7-10-16)20-21(27-13-23-20)15-8-11-18-19(12-15)26(25-24-18)17-4-2-1-3-5-17/h1-13H. The third-order valence-electron chi connectivity index (χ3n) is 4.39. The van der Waals surface area contributed by atoms with E-state index in [9.17, 15) is 4.39 Å². The van der Waals surface area contributed by atoms with Gasteiger partial charge in [-0.15, -0.1) is 5.10 Å². The molecule has 0 aliphatic carbocycles. The maximum atomic E-state index is 13.2. The normalized spacial score (nSPS) is 11.1. The quantitative estimate of drug-likeness (QED) is 0.462. The third kappa shape index (κ3) is 2.67. The molecule has 0 saturated carbocycles. The van der Waals surface area contributed by atoms with Crippen molar-refractivity contribution in [3.05, 3.63) is 85.0 Å². The second-order valence-corrected chi connectivity index (χ2v) is 6.08. The van der Waals surface area contributed by atoms with Crippen LogP contribution < -0.4 is 0 Å². The van der Waals surface area contributed by atoms with Crippen molar-refractivity contribution in [2.45, 2.75) is 0 Å². The van der Waals surface area contributed by atoms with Crippen LogP contribution in [0.2, 0.25) is 0 Å². The van der Waals surface area contributed by atoms with Gasteiger partial charge in [-0.05, 0) is 54.6 Å². The summed E-state index contributed by atoms with van der Waals surface area (Å²) in [6, 6.07) is 21.8. The van der Waals surface area contributed by atoms with Crippen molar-refractivity contribution in [2.75, 3.05) is 0 Å². The molecule has 130 valence electrons. The smallest absolute Gasteiger partial charge is 0.182 e. The summed E-state index contributed by atoms with van der Waals surface area (Å²) < 4.78 is 20.7. The zero-order valence-corrected chi connectivity index (χ0v) is 14.1. The Balaban J connectivity index is 1.65. The van der Waals surface area contributed by atoms with Gasteiger partial charge < -0.3 is 4.42 Å². The molecule has 0 aliphatic rings. The molecule has 0 N–H and O–H groups in total. The molecule has 5 aromatic rings. The van der Waals surface area contributed by atoms with E-state index in [4.69, 9.17) is 4.42 Å². The summed E-state index contributed by atoms with van der Waals surface area (Å²) in [4.78, 5) is 4.31. The van der Waals surface area contributed by atoms with Gasteiger partial charge in [0.15, 0.2) is 12.2 Å². The van der Waals surface area contributed by atoms with Gasteiger partial charge >= 0.3 is 0 Å². The largest absolute Gasteiger partial charge is 0.443 e. The van der Waals surface area contributed by atoms with E-state index in [1.807, 2.05) is 48.5 Å². The lowest BCUT2D eigenvalue weighted by atomic mass is 10.1. The van der Waals surface area contributed by atoms with Crippen LogP contribution in [0.15, 0.2) is 83.6 Å². The van der Waals surface area contributed by atoms with Crippen molar-refractivity contribution in [2.24, 2.45) is 0 Å². The second kappa shape index (κ2) is 6.17. The lowest BCUT2D eigenvalue weighted by molar-refractivity contribution is 0.572. The average molecular weight is 356 g/mol. The number of oxazole rings is 1. The number of aromatic nitrogens is 4. The molecule has 0 bridgehead atoms. The van der Waals surface area contributed by atoms with Crippen LogP contribution in [0.5, 0.6) is 0 Å². The highest BCUT2D eigenvalue weighted by atomic mass is 19.1. The summed E-state index contributed by atoms with van der Waals surface area (Å²) in [7, 11) is 0. The summed E-state index contributed by atoms with van der Waals surface area (Å²) in [5, 5.41) is 8.49. The highest BCUT2D eigenvalue weighted by Gasteiger charge is 2.15. The molecule has 6 heteroatoms. The number of para-hydroxylation sites is 1. The molecule has 0 radical (unpaired) electrons. The lowest BCUT2D eigenvalue weighted by Crippen LogP contribution is -1.95. The molecule has 0 aliphatic heterocycles. The zero-order valence-electron chi connectivity index (χ0n) is 14.1. The minimum atomic E-state index is -0.289. The Morgan fingerprint density at radius 1 is 0.852 bits per heavy atom. The molecule has 3 aromatic carbocycles. The molecule has 0 unspecified atom stereocenters. The Labute approximate surface area is 153 Å². The van der Waals surface area contributed by atoms with Gasteiger partial charge in [0, 0.05) is 11.1 Å². The summed E-state index contributed by atoms with van der Waals surface area (Å²) in [5.74, 6) is 0.326. The van der Waals surface area contributed by atoms with Crippen molar-refractivity contribution in [1.29, 1.82) is 0 Å². The van der Waals surface area contributed by atoms with Crippen LogP contribution in [0.3, 0.4) is 0 Å². The van der Waals surface area contributed by atoms with E-state index in [0.717, 1.165) is 27.8 Å². The van der Waals surface area contributed by atoms with Crippen molar-refractivity contribution in [1.82, 2.24) is 20.0 Å². The summed E-state index contributed by atoms with van der Waals surface area (Å²) >= 11 is 0. The van der Waals surface area contributed by atoms with Gasteiger partial charge in [0.25, 0.3) is 0 Å². The number of nitrogens with zero attached hydrogens (tertiary/aromatic N) is 4. The SMILES string of the molecule is Fc1ccc(-c2ncoc2-c2ccc3nnn(-c4ccccc4)c3c2)cc1. The molecule has 0 fully saturated rings. The topological polar surface area (TPSA) is 56.7 Å². The van der Waals surface area contributed by atoms with Gasteiger partial charge in [-0.25, -0.2) is 14.1 Å². The Morgan fingerprint density at radius 2 is 1.63 bits per heavy atom. The molecule has 5 nitrogen and oxygen atoms in total. The van der Waals surface area contributed by atoms with Gasteiger partial charge in [0.1, 0.15) is 17.0 Å². The molecule has 2 heterocycles. The van der Waals surface area contributed by atoms with E-state index in [2.05, 4.69) is 15.3 Å². The van der Waals surface area contributed by atoms with Crippen LogP contribution in [-0.2, 0) is 0 Å². The number of halogens is 1. The van der Waals surface area contributed by atoms with Gasteiger partial charge in [-0.2, -0.15) is 0 Å². The maximum absolute atomic E-state index is 13.2. The molecule has 0 amide bonds. The summed E-state index contributed by atoms with van der Waals surface area (Å²) in [6.45, 7) is 0. The van der Waals surface area contributed by atoms with Crippen LogP contribution in [-0.4, -0.2) is 20.0 Å². The number of benzene rings is 3. The van der Waals surface area contributed by atoms with Crippen molar-refractivity contribution in [3.63, 3.8) is 0 Å². The predicted molar refractivity (Wildman–Crippen MR) is 99.8 cm³/mol. The molecule has 0 atom stereocenters. The van der Waals surface area contributed by atoms with E-state index in [-0.39, 0.29) is 5.82 Å². The highest BCUT2D eigenvalue weighted by Crippen LogP contribution is 2.33. The number of fused-ring (bicyclic) bond motifs is 1. The minimum Gasteiger partial charge on any atom is -0.443 e. The first-order chi connectivity index (χ1) is 13.3. The maximum Gasteiger partial charge on any atom is 0.182 e. The predicted octanol–water partition coefficient (Wildman–Crippen LogP) is 4.88. The molecule has 27 heavy (non-hydrogen) atoms. The minimum absolute atomic E-state index is 0.289. The van der Waals surface area contributed by atoms with E-state index >= 15 is 0 Å². The number of hydrogen-bond donors (Lipinski definition) is 0. The Hall–Kier alpha value is -3.80. The van der Waals surface area contributed by atoms with Gasteiger partial charge in [0.05, 0.1) is 11.2 Å². The first kappa shape index (κ1) is 15.5. The van der Waals surface area contributed by atoms with Crippen molar-refractivity contribution in [3.8, 4) is 28.3 Å². The average Bonchev–Trinajstić information content (AvgIpc) is 3.36. The fourth-order valence-electron chi connectivity index (χ4n) is 3.08. The Morgan fingerprint density at radius 3 is 2.44 bits per heavy atom. The zero-order chi connectivity index (χ0) is 18.2. The molecular formula is C21H13FN4O. The summed E-state index contributed by atoms with van der Waals surface area (Å²) in [6.07, 6.45) is 1.39. The van der Waals surface area contributed by atoms with Crippen molar-refractivity contribution >= 4 is 11.0 Å².